The average molecular weight is 222 g/mol. The summed E-state index contributed by atoms with van der Waals surface area (Å²) in [5, 5.41) is 0. The first-order valence-corrected chi connectivity index (χ1v) is 6.00. The molecule has 1 unspecified atom stereocenters. The van der Waals surface area contributed by atoms with Crippen molar-refractivity contribution in [1.29, 1.82) is 0 Å². The fraction of sp³-hybridized carbons (Fsp3) is 0.538. The van der Waals surface area contributed by atoms with Crippen molar-refractivity contribution >= 4 is 11.4 Å². The van der Waals surface area contributed by atoms with Gasteiger partial charge in [-0.15, -0.1) is 0 Å². The van der Waals surface area contributed by atoms with Crippen LogP contribution in [0.15, 0.2) is 18.2 Å². The standard InChI is InChI=1S/C13H19FN2/c1-10-5-3-2-4-8-16(10)13-7-6-11(14)9-12(13)15/h6-7,9-10H,2-5,8,15H2,1H3. The summed E-state index contributed by atoms with van der Waals surface area (Å²) in [7, 11) is 0. The molecule has 0 aliphatic carbocycles. The maximum absolute atomic E-state index is 13.0. The second-order valence-electron chi connectivity index (χ2n) is 4.59. The van der Waals surface area contributed by atoms with E-state index in [-0.39, 0.29) is 5.82 Å². The van der Waals surface area contributed by atoms with E-state index in [2.05, 4.69) is 11.8 Å². The number of rotatable bonds is 1. The minimum atomic E-state index is -0.260. The van der Waals surface area contributed by atoms with Crippen molar-refractivity contribution in [2.45, 2.75) is 38.6 Å². The molecular weight excluding hydrogens is 203 g/mol. The van der Waals surface area contributed by atoms with Crippen LogP contribution in [0.4, 0.5) is 15.8 Å². The first kappa shape index (κ1) is 11.2. The van der Waals surface area contributed by atoms with Crippen molar-refractivity contribution < 1.29 is 4.39 Å². The SMILES string of the molecule is CC1CCCCCN1c1ccc(F)cc1N. The number of hydrogen-bond acceptors (Lipinski definition) is 2. The second kappa shape index (κ2) is 4.73. The molecule has 16 heavy (non-hydrogen) atoms. The zero-order chi connectivity index (χ0) is 11.5. The van der Waals surface area contributed by atoms with Crippen molar-refractivity contribution in [3.8, 4) is 0 Å². The highest BCUT2D eigenvalue weighted by Crippen LogP contribution is 2.29. The Labute approximate surface area is 96.2 Å². The summed E-state index contributed by atoms with van der Waals surface area (Å²) in [6, 6.07) is 5.19. The third-order valence-corrected chi connectivity index (χ3v) is 3.35. The normalized spacial score (nSPS) is 21.9. The number of nitrogen functional groups attached to an aromatic ring is 1. The van der Waals surface area contributed by atoms with E-state index in [9.17, 15) is 4.39 Å². The van der Waals surface area contributed by atoms with Crippen LogP contribution in [-0.2, 0) is 0 Å². The van der Waals surface area contributed by atoms with E-state index in [1.54, 1.807) is 6.07 Å². The van der Waals surface area contributed by atoms with Crippen LogP contribution in [0.2, 0.25) is 0 Å². The van der Waals surface area contributed by atoms with E-state index in [0.29, 0.717) is 11.7 Å². The average Bonchev–Trinajstić information content (AvgIpc) is 2.44. The zero-order valence-electron chi connectivity index (χ0n) is 9.75. The molecule has 1 aliphatic rings. The molecule has 0 aromatic heterocycles. The maximum Gasteiger partial charge on any atom is 0.125 e. The Morgan fingerprint density at radius 3 is 2.88 bits per heavy atom. The van der Waals surface area contributed by atoms with Gasteiger partial charge >= 0.3 is 0 Å². The molecule has 0 spiro atoms. The molecule has 88 valence electrons. The van der Waals surface area contributed by atoms with Crippen LogP contribution in [0.25, 0.3) is 0 Å². The van der Waals surface area contributed by atoms with Crippen LogP contribution in [0, 0.1) is 5.82 Å². The number of benzene rings is 1. The van der Waals surface area contributed by atoms with Gasteiger partial charge in [-0.25, -0.2) is 4.39 Å². The van der Waals surface area contributed by atoms with E-state index < -0.39 is 0 Å². The molecule has 3 heteroatoms. The number of anilines is 2. The fourth-order valence-electron chi connectivity index (χ4n) is 2.42. The summed E-state index contributed by atoms with van der Waals surface area (Å²) in [4.78, 5) is 2.31. The van der Waals surface area contributed by atoms with Gasteiger partial charge in [0.25, 0.3) is 0 Å². The fourth-order valence-corrected chi connectivity index (χ4v) is 2.42. The monoisotopic (exact) mass is 222 g/mol. The first-order valence-electron chi connectivity index (χ1n) is 6.00. The molecule has 0 saturated carbocycles. The largest absolute Gasteiger partial charge is 0.397 e. The lowest BCUT2D eigenvalue weighted by Gasteiger charge is -2.30. The van der Waals surface area contributed by atoms with E-state index in [4.69, 9.17) is 5.73 Å². The maximum atomic E-state index is 13.0. The van der Waals surface area contributed by atoms with Gasteiger partial charge in [0.1, 0.15) is 5.82 Å². The minimum Gasteiger partial charge on any atom is -0.397 e. The lowest BCUT2D eigenvalue weighted by Crippen LogP contribution is -2.33. The predicted octanol–water partition coefficient (Wildman–Crippen LogP) is 3.18. The molecular formula is C13H19FN2. The van der Waals surface area contributed by atoms with Gasteiger partial charge < -0.3 is 10.6 Å². The summed E-state index contributed by atoms with van der Waals surface area (Å²) in [5.41, 5.74) is 7.42. The van der Waals surface area contributed by atoms with Crippen LogP contribution < -0.4 is 10.6 Å². The van der Waals surface area contributed by atoms with Crippen molar-refractivity contribution in [3.05, 3.63) is 24.0 Å². The van der Waals surface area contributed by atoms with Crippen LogP contribution in [0.1, 0.15) is 32.6 Å². The highest BCUT2D eigenvalue weighted by atomic mass is 19.1. The molecule has 0 amide bonds. The summed E-state index contributed by atoms with van der Waals surface area (Å²) in [5.74, 6) is -0.260. The van der Waals surface area contributed by atoms with Crippen LogP contribution in [-0.4, -0.2) is 12.6 Å². The first-order chi connectivity index (χ1) is 7.68. The van der Waals surface area contributed by atoms with Gasteiger partial charge in [0.15, 0.2) is 0 Å². The Morgan fingerprint density at radius 2 is 2.12 bits per heavy atom. The summed E-state index contributed by atoms with van der Waals surface area (Å²) < 4.78 is 13.0. The molecule has 0 bridgehead atoms. The van der Waals surface area contributed by atoms with Gasteiger partial charge in [0, 0.05) is 12.6 Å². The van der Waals surface area contributed by atoms with Crippen LogP contribution >= 0.6 is 0 Å². The molecule has 1 saturated heterocycles. The quantitative estimate of drug-likeness (QED) is 0.739. The number of hydrogen-bond donors (Lipinski definition) is 1. The zero-order valence-corrected chi connectivity index (χ0v) is 9.75. The van der Waals surface area contributed by atoms with Gasteiger partial charge in [0.2, 0.25) is 0 Å². The summed E-state index contributed by atoms with van der Waals surface area (Å²) in [6.45, 7) is 3.24. The van der Waals surface area contributed by atoms with Gasteiger partial charge in [-0.3, -0.25) is 0 Å². The number of nitrogens with two attached hydrogens (primary N) is 1. The topological polar surface area (TPSA) is 29.3 Å². The molecule has 0 radical (unpaired) electrons. The third-order valence-electron chi connectivity index (χ3n) is 3.35. The number of halogens is 1. The van der Waals surface area contributed by atoms with E-state index in [1.165, 1.54) is 37.8 Å². The Hall–Kier alpha value is -1.25. The number of nitrogens with zero attached hydrogens (tertiary/aromatic N) is 1. The molecule has 1 aromatic carbocycles. The lowest BCUT2D eigenvalue weighted by atomic mass is 10.1. The minimum absolute atomic E-state index is 0.260. The Bertz CT molecular complexity index is 365. The third kappa shape index (κ3) is 2.29. The van der Waals surface area contributed by atoms with Gasteiger partial charge in [-0.05, 0) is 38.0 Å². The van der Waals surface area contributed by atoms with E-state index in [0.717, 1.165) is 12.2 Å². The lowest BCUT2D eigenvalue weighted by molar-refractivity contribution is 0.612. The highest BCUT2D eigenvalue weighted by Gasteiger charge is 2.18. The Morgan fingerprint density at radius 1 is 1.31 bits per heavy atom. The smallest absolute Gasteiger partial charge is 0.125 e. The highest BCUT2D eigenvalue weighted by molar-refractivity contribution is 5.67. The van der Waals surface area contributed by atoms with E-state index >= 15 is 0 Å². The van der Waals surface area contributed by atoms with Crippen LogP contribution in [0.5, 0.6) is 0 Å². The molecule has 1 heterocycles. The van der Waals surface area contributed by atoms with Crippen molar-refractivity contribution in [2.24, 2.45) is 0 Å². The molecule has 2 rings (SSSR count). The van der Waals surface area contributed by atoms with Gasteiger partial charge in [-0.2, -0.15) is 0 Å². The predicted molar refractivity (Wildman–Crippen MR) is 66.1 cm³/mol. The van der Waals surface area contributed by atoms with Crippen LogP contribution in [0.3, 0.4) is 0 Å². The Balaban J connectivity index is 2.27. The molecule has 1 atom stereocenters. The Kier molecular flexibility index (Phi) is 3.32. The van der Waals surface area contributed by atoms with Crippen molar-refractivity contribution in [3.63, 3.8) is 0 Å². The summed E-state index contributed by atoms with van der Waals surface area (Å²) >= 11 is 0. The molecule has 2 nitrogen and oxygen atoms in total. The molecule has 2 N–H and O–H groups in total. The molecule has 1 aromatic rings. The van der Waals surface area contributed by atoms with Crippen molar-refractivity contribution in [2.75, 3.05) is 17.2 Å². The van der Waals surface area contributed by atoms with Gasteiger partial charge in [0.05, 0.1) is 11.4 Å². The van der Waals surface area contributed by atoms with Gasteiger partial charge in [-0.1, -0.05) is 12.8 Å². The molecule has 1 aliphatic heterocycles. The second-order valence-corrected chi connectivity index (χ2v) is 4.59. The molecule has 1 fully saturated rings. The van der Waals surface area contributed by atoms with E-state index in [1.807, 2.05) is 0 Å². The van der Waals surface area contributed by atoms with Crippen molar-refractivity contribution in [1.82, 2.24) is 0 Å². The summed E-state index contributed by atoms with van der Waals surface area (Å²) in [6.07, 6.45) is 4.94.